The van der Waals surface area contributed by atoms with Gasteiger partial charge in [0.15, 0.2) is 6.61 Å². The van der Waals surface area contributed by atoms with E-state index in [1.807, 2.05) is 12.1 Å². The number of alkyl halides is 3. The molecule has 0 aliphatic rings. The summed E-state index contributed by atoms with van der Waals surface area (Å²) in [5.74, 6) is -0.194. The van der Waals surface area contributed by atoms with Crippen LogP contribution in [0.25, 0.3) is 0 Å². The van der Waals surface area contributed by atoms with Crippen LogP contribution in [0, 0.1) is 0 Å². The highest BCUT2D eigenvalue weighted by molar-refractivity contribution is 8.00. The maximum absolute atomic E-state index is 12.1. The van der Waals surface area contributed by atoms with Gasteiger partial charge in [-0.15, -0.1) is 11.8 Å². The molecule has 0 fully saturated rings. The number of amides is 1. The van der Waals surface area contributed by atoms with Crippen molar-refractivity contribution in [3.8, 4) is 5.88 Å². The van der Waals surface area contributed by atoms with Crippen molar-refractivity contribution in [2.24, 2.45) is 0 Å². The highest BCUT2D eigenvalue weighted by atomic mass is 35.5. The molecule has 0 atom stereocenters. The maximum atomic E-state index is 12.1. The summed E-state index contributed by atoms with van der Waals surface area (Å²) in [6.45, 7) is -1.25. The Morgan fingerprint density at radius 3 is 2.76 bits per heavy atom. The van der Waals surface area contributed by atoms with Crippen molar-refractivity contribution in [2.45, 2.75) is 17.6 Å². The maximum Gasteiger partial charge on any atom is 0.422 e. The van der Waals surface area contributed by atoms with E-state index in [1.165, 1.54) is 24.0 Å². The van der Waals surface area contributed by atoms with E-state index in [0.29, 0.717) is 10.6 Å². The van der Waals surface area contributed by atoms with Crippen LogP contribution in [0.1, 0.15) is 5.56 Å². The second kappa shape index (κ2) is 8.96. The second-order valence-corrected chi connectivity index (χ2v) is 6.33. The molecule has 1 aromatic carbocycles. The number of hydrogen-bond donors (Lipinski definition) is 1. The van der Waals surface area contributed by atoms with Crippen LogP contribution in [-0.4, -0.2) is 29.4 Å². The molecule has 0 saturated carbocycles. The Bertz CT molecular complexity index is 729. The number of carbonyl (C=O) groups excluding carboxylic acids is 1. The molecule has 0 unspecified atom stereocenters. The number of hydrogen-bond acceptors (Lipinski definition) is 4. The van der Waals surface area contributed by atoms with E-state index in [-0.39, 0.29) is 24.1 Å². The summed E-state index contributed by atoms with van der Waals surface area (Å²) in [5, 5.41) is 3.25. The van der Waals surface area contributed by atoms with E-state index in [9.17, 15) is 18.0 Å². The van der Waals surface area contributed by atoms with Crippen molar-refractivity contribution >= 4 is 29.3 Å². The molecule has 0 saturated heterocycles. The van der Waals surface area contributed by atoms with Crippen LogP contribution < -0.4 is 10.1 Å². The monoisotopic (exact) mass is 390 g/mol. The zero-order valence-corrected chi connectivity index (χ0v) is 14.4. The summed E-state index contributed by atoms with van der Waals surface area (Å²) >= 11 is 7.30. The van der Waals surface area contributed by atoms with Crippen LogP contribution in [0.3, 0.4) is 0 Å². The van der Waals surface area contributed by atoms with E-state index in [2.05, 4.69) is 15.0 Å². The highest BCUT2D eigenvalue weighted by Crippen LogP contribution is 2.26. The van der Waals surface area contributed by atoms with Gasteiger partial charge in [0.05, 0.1) is 10.8 Å². The van der Waals surface area contributed by atoms with Crippen LogP contribution in [-0.2, 0) is 11.3 Å². The molecule has 0 bridgehead atoms. The van der Waals surface area contributed by atoms with Crippen molar-refractivity contribution < 1.29 is 22.7 Å². The van der Waals surface area contributed by atoms with Crippen molar-refractivity contribution in [3.63, 3.8) is 0 Å². The highest BCUT2D eigenvalue weighted by Gasteiger charge is 2.28. The smallest absolute Gasteiger partial charge is 0.422 e. The van der Waals surface area contributed by atoms with E-state index in [0.717, 1.165) is 4.90 Å². The first-order chi connectivity index (χ1) is 11.8. The van der Waals surface area contributed by atoms with Gasteiger partial charge in [-0.1, -0.05) is 23.7 Å². The largest absolute Gasteiger partial charge is 0.468 e. The summed E-state index contributed by atoms with van der Waals surface area (Å²) in [7, 11) is 0. The Kier molecular flexibility index (Phi) is 6.95. The number of benzene rings is 1. The summed E-state index contributed by atoms with van der Waals surface area (Å²) in [4.78, 5) is 16.4. The minimum absolute atomic E-state index is 0.144. The third-order valence-corrected chi connectivity index (χ3v) is 4.38. The fourth-order valence-electron chi connectivity index (χ4n) is 1.75. The van der Waals surface area contributed by atoms with E-state index in [1.54, 1.807) is 18.2 Å². The molecule has 0 aliphatic heterocycles. The van der Waals surface area contributed by atoms with E-state index in [4.69, 9.17) is 11.6 Å². The molecule has 9 heteroatoms. The number of ether oxygens (including phenoxy) is 1. The third-order valence-electron chi connectivity index (χ3n) is 2.87. The average Bonchev–Trinajstić information content (AvgIpc) is 2.57. The molecule has 2 aromatic rings. The van der Waals surface area contributed by atoms with Crippen LogP contribution in [0.5, 0.6) is 5.88 Å². The standard InChI is InChI=1S/C16H14ClF3N2O2S/c17-12-3-1-2-4-13(12)25-9-14(23)22-8-11-5-6-21-15(7-11)24-10-16(18,19)20/h1-7H,8-10H2,(H,22,23). The second-order valence-electron chi connectivity index (χ2n) is 4.90. The number of pyridine rings is 1. The Morgan fingerprint density at radius 1 is 1.28 bits per heavy atom. The number of aromatic nitrogens is 1. The normalized spacial score (nSPS) is 11.2. The molecular formula is C16H14ClF3N2O2S. The van der Waals surface area contributed by atoms with Gasteiger partial charge in [0.2, 0.25) is 11.8 Å². The lowest BCUT2D eigenvalue weighted by molar-refractivity contribution is -0.154. The molecule has 134 valence electrons. The Balaban J connectivity index is 1.80. The molecule has 2 rings (SSSR count). The predicted octanol–water partition coefficient (Wildman–Crippen LogP) is 4.08. The first-order valence-corrected chi connectivity index (χ1v) is 8.48. The Labute approximate surface area is 151 Å². The molecule has 1 aromatic heterocycles. The minimum Gasteiger partial charge on any atom is -0.468 e. The van der Waals surface area contributed by atoms with Gasteiger partial charge in [-0.2, -0.15) is 13.2 Å². The average molecular weight is 391 g/mol. The molecule has 1 N–H and O–H groups in total. The van der Waals surface area contributed by atoms with Crippen LogP contribution in [0.15, 0.2) is 47.5 Å². The first-order valence-electron chi connectivity index (χ1n) is 7.12. The van der Waals surface area contributed by atoms with Crippen molar-refractivity contribution in [1.82, 2.24) is 10.3 Å². The van der Waals surface area contributed by atoms with Gasteiger partial charge < -0.3 is 10.1 Å². The van der Waals surface area contributed by atoms with Crippen molar-refractivity contribution in [2.75, 3.05) is 12.4 Å². The van der Waals surface area contributed by atoms with Crippen molar-refractivity contribution in [1.29, 1.82) is 0 Å². The van der Waals surface area contributed by atoms with Crippen molar-refractivity contribution in [3.05, 3.63) is 53.2 Å². The SMILES string of the molecule is O=C(CSc1ccccc1Cl)NCc1ccnc(OCC(F)(F)F)c1. The van der Waals surface area contributed by atoms with Crippen LogP contribution in [0.2, 0.25) is 5.02 Å². The van der Waals surface area contributed by atoms with Gasteiger partial charge in [0.1, 0.15) is 0 Å². The van der Waals surface area contributed by atoms with Gasteiger partial charge in [0, 0.05) is 23.7 Å². The zero-order chi connectivity index (χ0) is 18.3. The van der Waals surface area contributed by atoms with E-state index < -0.39 is 12.8 Å². The lowest BCUT2D eigenvalue weighted by Crippen LogP contribution is -2.24. The Hall–Kier alpha value is -1.93. The third kappa shape index (κ3) is 7.23. The molecule has 1 amide bonds. The predicted molar refractivity (Wildman–Crippen MR) is 89.8 cm³/mol. The summed E-state index contributed by atoms with van der Waals surface area (Å²) < 4.78 is 41.0. The van der Waals surface area contributed by atoms with Gasteiger partial charge in [-0.3, -0.25) is 4.79 Å². The molecular weight excluding hydrogens is 377 g/mol. The molecule has 0 spiro atoms. The van der Waals surface area contributed by atoms with E-state index >= 15 is 0 Å². The fraction of sp³-hybridized carbons (Fsp3) is 0.250. The minimum atomic E-state index is -4.43. The number of rotatable bonds is 7. The molecule has 4 nitrogen and oxygen atoms in total. The summed E-state index contributed by atoms with van der Waals surface area (Å²) in [6, 6.07) is 10.1. The van der Waals surface area contributed by atoms with Gasteiger partial charge in [-0.25, -0.2) is 4.98 Å². The lowest BCUT2D eigenvalue weighted by atomic mass is 10.2. The molecule has 25 heavy (non-hydrogen) atoms. The Morgan fingerprint density at radius 2 is 2.04 bits per heavy atom. The zero-order valence-electron chi connectivity index (χ0n) is 12.8. The first kappa shape index (κ1) is 19.4. The number of nitrogens with zero attached hydrogens (tertiary/aromatic N) is 1. The molecule has 1 heterocycles. The number of carbonyl (C=O) groups is 1. The quantitative estimate of drug-likeness (QED) is 0.724. The number of nitrogens with one attached hydrogen (secondary N) is 1. The molecule has 0 aliphatic carbocycles. The number of thioether (sulfide) groups is 1. The van der Waals surface area contributed by atoms with Crippen LogP contribution >= 0.6 is 23.4 Å². The van der Waals surface area contributed by atoms with Gasteiger partial charge in [-0.05, 0) is 23.8 Å². The molecule has 0 radical (unpaired) electrons. The van der Waals surface area contributed by atoms with Gasteiger partial charge in [0.25, 0.3) is 0 Å². The van der Waals surface area contributed by atoms with Crippen LogP contribution in [0.4, 0.5) is 13.2 Å². The van der Waals surface area contributed by atoms with Gasteiger partial charge >= 0.3 is 6.18 Å². The fourth-order valence-corrected chi connectivity index (χ4v) is 2.82. The summed E-state index contributed by atoms with van der Waals surface area (Å²) in [6.07, 6.45) is -3.10. The summed E-state index contributed by atoms with van der Waals surface area (Å²) in [5.41, 5.74) is 0.586. The number of halogens is 4. The topological polar surface area (TPSA) is 51.2 Å². The lowest BCUT2D eigenvalue weighted by Gasteiger charge is -2.10.